The number of carboxylic acid groups (broad SMARTS) is 1. The molecule has 6 nitrogen and oxygen atoms in total. The van der Waals surface area contributed by atoms with E-state index in [1.165, 1.54) is 6.92 Å². The van der Waals surface area contributed by atoms with Crippen LogP contribution in [0, 0.1) is 0 Å². The predicted octanol–water partition coefficient (Wildman–Crippen LogP) is 2.08. The second-order valence-corrected chi connectivity index (χ2v) is 3.45. The lowest BCUT2D eigenvalue weighted by molar-refractivity contribution is -0.124. The fourth-order valence-electron chi connectivity index (χ4n) is 1.30. The van der Waals surface area contributed by atoms with Crippen LogP contribution in [-0.2, 0) is 4.79 Å². The summed E-state index contributed by atoms with van der Waals surface area (Å²) in [6.07, 6.45) is -0.322. The molecule has 0 bridgehead atoms. The molecule has 19 heavy (non-hydrogen) atoms. The maximum absolute atomic E-state index is 11.8. The summed E-state index contributed by atoms with van der Waals surface area (Å²) in [5, 5.41) is 17.7. The van der Waals surface area contributed by atoms with Gasteiger partial charge >= 0.3 is 6.09 Å². The summed E-state index contributed by atoms with van der Waals surface area (Å²) in [5.41, 5.74) is 0.245. The zero-order valence-electron chi connectivity index (χ0n) is 10.3. The summed E-state index contributed by atoms with van der Waals surface area (Å²) in [7, 11) is 0. The molecule has 1 N–H and O–H groups in total. The highest BCUT2D eigenvalue weighted by molar-refractivity contribution is 6.22. The Balaban J connectivity index is 2.91. The molecule has 2 amide bonds. The van der Waals surface area contributed by atoms with Crippen molar-refractivity contribution >= 4 is 29.8 Å². The van der Waals surface area contributed by atoms with Crippen LogP contribution in [-0.4, -0.2) is 40.6 Å². The molecule has 0 aliphatic carbocycles. The fourth-order valence-corrected chi connectivity index (χ4v) is 1.30. The first-order valence-corrected chi connectivity index (χ1v) is 5.51. The molecule has 0 saturated heterocycles. The number of hydrogen-bond acceptors (Lipinski definition) is 3. The third-order valence-electron chi connectivity index (χ3n) is 2.24. The Hall–Kier alpha value is -2.72. The number of aliphatic imine (C=N–C) groups is 1. The summed E-state index contributed by atoms with van der Waals surface area (Å²) in [6, 6.07) is 8.73. The number of para-hydroxylation sites is 1. The van der Waals surface area contributed by atoms with Crippen molar-refractivity contribution in [3.05, 3.63) is 41.3 Å². The van der Waals surface area contributed by atoms with E-state index >= 15 is 0 Å². The zero-order chi connectivity index (χ0) is 14.3. The molecule has 0 aliphatic heterocycles. The molecule has 0 unspecified atom stereocenters. The molecule has 1 aromatic rings. The van der Waals surface area contributed by atoms with Gasteiger partial charge in [0.1, 0.15) is 0 Å². The van der Waals surface area contributed by atoms with Gasteiger partial charge in [-0.2, -0.15) is 0 Å². The zero-order valence-corrected chi connectivity index (χ0v) is 10.3. The van der Waals surface area contributed by atoms with Gasteiger partial charge in [-0.05, 0) is 19.1 Å². The molecular weight excluding hydrogens is 246 g/mol. The maximum atomic E-state index is 11.8. The van der Waals surface area contributed by atoms with E-state index in [1.807, 2.05) is 6.07 Å². The Morgan fingerprint density at radius 1 is 1.42 bits per heavy atom. The summed E-state index contributed by atoms with van der Waals surface area (Å²) < 4.78 is 0. The van der Waals surface area contributed by atoms with Crippen LogP contribution in [0.5, 0.6) is 0 Å². The van der Waals surface area contributed by atoms with Crippen LogP contribution >= 0.6 is 0 Å². The summed E-state index contributed by atoms with van der Waals surface area (Å²) in [6.45, 7) is 1.48. The first kappa shape index (κ1) is 14.3. The highest BCUT2D eigenvalue weighted by atomic mass is 16.4. The van der Waals surface area contributed by atoms with Crippen LogP contribution in [0.4, 0.5) is 10.5 Å². The number of benzene rings is 1. The van der Waals surface area contributed by atoms with Crippen LogP contribution < -0.4 is 0 Å². The van der Waals surface area contributed by atoms with Crippen molar-refractivity contribution in [1.82, 2.24) is 4.90 Å². The number of amides is 2. The third kappa shape index (κ3) is 3.90. The molecule has 0 atom stereocenters. The number of likely N-dealkylation sites (N-methyl/N-ethyl adjacent to an activating group) is 1. The number of carbonyl (C=O) groups excluding carboxylic acids is 1. The van der Waals surface area contributed by atoms with Gasteiger partial charge in [-0.15, -0.1) is 0 Å². The summed E-state index contributed by atoms with van der Waals surface area (Å²) in [5.74, 6) is 0.777. The Morgan fingerprint density at radius 2 is 2.05 bits per heavy atom. The molecular formula is C13H12N3O3-. The van der Waals surface area contributed by atoms with Crippen LogP contribution in [0.2, 0.25) is 0 Å². The second kappa shape index (κ2) is 6.88. The van der Waals surface area contributed by atoms with Crippen LogP contribution in [0.25, 0.3) is 5.41 Å². The predicted molar refractivity (Wildman–Crippen MR) is 71.9 cm³/mol. The molecule has 0 spiro atoms. The first-order valence-electron chi connectivity index (χ1n) is 5.51. The van der Waals surface area contributed by atoms with Crippen molar-refractivity contribution in [2.45, 2.75) is 6.92 Å². The number of hydrogen-bond donors (Lipinski definition) is 1. The Morgan fingerprint density at radius 3 is 2.53 bits per heavy atom. The average Bonchev–Trinajstić information content (AvgIpc) is 2.41. The van der Waals surface area contributed by atoms with Gasteiger partial charge in [0, 0.05) is 12.8 Å². The smallest absolute Gasteiger partial charge is 0.414 e. The Labute approximate surface area is 110 Å². The van der Waals surface area contributed by atoms with Crippen molar-refractivity contribution in [1.29, 1.82) is 0 Å². The van der Waals surface area contributed by atoms with Gasteiger partial charge in [-0.1, -0.05) is 18.2 Å². The van der Waals surface area contributed by atoms with Gasteiger partial charge in [0.2, 0.25) is 0 Å². The largest absolute Gasteiger partial charge is 0.763 e. The molecule has 1 rings (SSSR count). The molecule has 6 heteroatoms. The van der Waals surface area contributed by atoms with Crippen molar-refractivity contribution in [2.75, 3.05) is 6.54 Å². The number of rotatable bonds is 4. The molecule has 0 radical (unpaired) electrons. The van der Waals surface area contributed by atoms with Crippen molar-refractivity contribution in [3.8, 4) is 0 Å². The summed E-state index contributed by atoms with van der Waals surface area (Å²) >= 11 is 0. The number of carbonyl (C=O) groups is 2. The van der Waals surface area contributed by atoms with E-state index < -0.39 is 12.0 Å². The highest BCUT2D eigenvalue weighted by Crippen LogP contribution is 2.09. The standard InChI is InChI=1S/C13H12N3O3/c1-2-16(13(18)19)12(17)10(8-14)9-15-11-6-4-3-5-7-11/h3-7,9H,2H2,1H3,(H,18,19)/q-1. The van der Waals surface area contributed by atoms with Crippen molar-refractivity contribution < 1.29 is 14.7 Å². The second-order valence-electron chi connectivity index (χ2n) is 3.45. The summed E-state index contributed by atoms with van der Waals surface area (Å²) in [4.78, 5) is 27.1. The third-order valence-corrected chi connectivity index (χ3v) is 2.24. The quantitative estimate of drug-likeness (QED) is 0.661. The topological polar surface area (TPSA) is 92.3 Å². The van der Waals surface area contributed by atoms with E-state index in [-0.39, 0.29) is 12.1 Å². The van der Waals surface area contributed by atoms with Gasteiger partial charge in [-0.25, -0.2) is 9.69 Å². The first-order chi connectivity index (χ1) is 9.10. The molecule has 0 aromatic heterocycles. The minimum atomic E-state index is -1.40. The van der Waals surface area contributed by atoms with Gasteiger partial charge in [0.25, 0.3) is 5.91 Å². The highest BCUT2D eigenvalue weighted by Gasteiger charge is 2.20. The molecule has 1 aromatic carbocycles. The van der Waals surface area contributed by atoms with Gasteiger partial charge in [-0.3, -0.25) is 15.7 Å². The van der Waals surface area contributed by atoms with Crippen molar-refractivity contribution in [3.63, 3.8) is 0 Å². The fraction of sp³-hybridized carbons (Fsp3) is 0.154. The lowest BCUT2D eigenvalue weighted by Gasteiger charge is -2.14. The lowest BCUT2D eigenvalue weighted by Crippen LogP contribution is -2.36. The van der Waals surface area contributed by atoms with E-state index in [9.17, 15) is 9.59 Å². The maximum Gasteiger partial charge on any atom is 0.414 e. The average molecular weight is 258 g/mol. The Bertz CT molecular complexity index is 546. The van der Waals surface area contributed by atoms with Crippen LogP contribution in [0.1, 0.15) is 6.92 Å². The molecule has 0 fully saturated rings. The number of imide groups is 1. The van der Waals surface area contributed by atoms with E-state index in [1.54, 1.807) is 30.1 Å². The molecule has 0 heterocycles. The van der Waals surface area contributed by atoms with Crippen LogP contribution in [0.15, 0.2) is 40.9 Å². The van der Waals surface area contributed by atoms with Gasteiger partial charge in [0.05, 0.1) is 11.3 Å². The van der Waals surface area contributed by atoms with E-state index in [2.05, 4.69) is 4.99 Å². The van der Waals surface area contributed by atoms with E-state index in [0.717, 1.165) is 6.21 Å². The van der Waals surface area contributed by atoms with Crippen LogP contribution in [0.3, 0.4) is 0 Å². The van der Waals surface area contributed by atoms with Gasteiger partial charge in [0.15, 0.2) is 0 Å². The van der Waals surface area contributed by atoms with E-state index in [4.69, 9.17) is 10.5 Å². The number of nitrogens with zero attached hydrogens (tertiary/aromatic N) is 3. The monoisotopic (exact) mass is 258 g/mol. The van der Waals surface area contributed by atoms with Crippen molar-refractivity contribution in [2.24, 2.45) is 4.99 Å². The molecule has 0 saturated carbocycles. The Kier molecular flexibility index (Phi) is 5.19. The van der Waals surface area contributed by atoms with Gasteiger partial charge < -0.3 is 10.5 Å². The minimum absolute atomic E-state index is 0.0292. The molecule has 0 aliphatic rings. The SMILES string of the molecule is CCN(C(=O)O)C(=O)C(=C=[N-])C=Nc1ccccc1. The normalized spacial score (nSPS) is 9.95. The lowest BCUT2D eigenvalue weighted by atomic mass is 10.2. The molecule has 98 valence electrons. The minimum Gasteiger partial charge on any atom is -0.763 e. The van der Waals surface area contributed by atoms with E-state index in [0.29, 0.717) is 10.6 Å².